The molecule has 2 heterocycles. The van der Waals surface area contributed by atoms with Crippen molar-refractivity contribution in [3.63, 3.8) is 0 Å². The molecule has 9 aromatic rings. The summed E-state index contributed by atoms with van der Waals surface area (Å²) in [6.07, 6.45) is 0.667. The van der Waals surface area contributed by atoms with Gasteiger partial charge >= 0.3 is 0 Å². The molecular weight excluding hydrogens is 621 g/mol. The summed E-state index contributed by atoms with van der Waals surface area (Å²) in [5.74, 6) is 0. The molecule has 1 atom stereocenters. The average molecular weight is 656 g/mol. The van der Waals surface area contributed by atoms with Crippen LogP contribution < -0.4 is 0 Å². The van der Waals surface area contributed by atoms with Crippen molar-refractivity contribution >= 4 is 65.7 Å². The summed E-state index contributed by atoms with van der Waals surface area (Å²) in [5, 5.41) is 9.84. The molecule has 0 radical (unpaired) electrons. The van der Waals surface area contributed by atoms with Gasteiger partial charge in [0, 0.05) is 34.4 Å². The summed E-state index contributed by atoms with van der Waals surface area (Å²) in [6, 6.07) is 58.9. The van der Waals surface area contributed by atoms with E-state index in [0.717, 1.165) is 35.2 Å². The molecule has 3 heteroatoms. The van der Waals surface area contributed by atoms with E-state index in [0.29, 0.717) is 0 Å². The van der Waals surface area contributed by atoms with Crippen LogP contribution in [0.3, 0.4) is 0 Å². The summed E-state index contributed by atoms with van der Waals surface area (Å²) < 4.78 is 8.71. The Bertz CT molecular complexity index is 2880. The molecule has 51 heavy (non-hydrogen) atoms. The third-order valence-electron chi connectivity index (χ3n) is 10.6. The minimum Gasteiger partial charge on any atom is -0.456 e. The van der Waals surface area contributed by atoms with E-state index in [1.54, 1.807) is 0 Å². The molecule has 0 spiro atoms. The van der Waals surface area contributed by atoms with Gasteiger partial charge < -0.3 is 4.42 Å². The molecule has 242 valence electrons. The summed E-state index contributed by atoms with van der Waals surface area (Å²) in [6.45, 7) is 3.05. The van der Waals surface area contributed by atoms with Gasteiger partial charge in [-0.25, -0.2) is 9.57 Å². The molecule has 1 aliphatic rings. The fraction of sp³-hybridized carbons (Fsp3) is 0.0833. The Morgan fingerprint density at radius 3 is 2.18 bits per heavy atom. The van der Waals surface area contributed by atoms with Crippen LogP contribution >= 0.6 is 0 Å². The molecule has 1 unspecified atom stereocenters. The Morgan fingerprint density at radius 2 is 1.29 bits per heavy atom. The third-order valence-corrected chi connectivity index (χ3v) is 10.6. The predicted octanol–water partition coefficient (Wildman–Crippen LogP) is 12.3. The monoisotopic (exact) mass is 655 g/mol. The molecule has 0 bridgehead atoms. The average Bonchev–Trinajstić information content (AvgIpc) is 3.57. The Hall–Kier alpha value is -6.32. The molecule has 0 saturated heterocycles. The van der Waals surface area contributed by atoms with E-state index < -0.39 is 0 Å². The smallest absolute Gasteiger partial charge is 0.272 e. The number of nitrogens with zero attached hydrogens (tertiary/aromatic N) is 2. The molecule has 0 fully saturated rings. The molecule has 1 aliphatic heterocycles. The minimum absolute atomic E-state index is 0.130. The van der Waals surface area contributed by atoms with Gasteiger partial charge in [-0.3, -0.25) is 0 Å². The van der Waals surface area contributed by atoms with Crippen LogP contribution in [-0.4, -0.2) is 16.0 Å². The standard InChI is InChI=1S/C48H35N2O/c1-31-26-44(43-29-35-14-5-6-15-38(35)40-16-7-8-17-41(40)43)49-48(34-12-3-2-4-13-34)50(31)30-32-22-23-33-24-25-36(28-37(33)27-32)39-19-11-21-46-47(39)42-18-9-10-20-45(42)51-46/h2-25,27-29,48H,26,30H2,1H3/q+1. The van der Waals surface area contributed by atoms with Crippen molar-refractivity contribution < 1.29 is 8.99 Å². The van der Waals surface area contributed by atoms with Gasteiger partial charge in [-0.15, -0.1) is 0 Å². The van der Waals surface area contributed by atoms with Crippen LogP contribution in [-0.2, 0) is 6.54 Å². The summed E-state index contributed by atoms with van der Waals surface area (Å²) in [4.78, 5) is 5.58. The Morgan fingerprint density at radius 1 is 0.569 bits per heavy atom. The predicted molar refractivity (Wildman–Crippen MR) is 213 cm³/mol. The zero-order chi connectivity index (χ0) is 33.9. The lowest BCUT2D eigenvalue weighted by Gasteiger charge is -2.23. The SMILES string of the molecule is CC1=[N+](Cc2ccc3ccc(-c4cccc5oc6ccccc6c45)cc3c2)C(c2ccccc2)N=C(c2cc3ccccc3c3ccccc23)C1. The number of para-hydroxylation sites is 1. The highest BCUT2D eigenvalue weighted by Crippen LogP contribution is 2.38. The second-order valence-corrected chi connectivity index (χ2v) is 13.8. The van der Waals surface area contributed by atoms with Crippen LogP contribution in [0.1, 0.15) is 36.2 Å². The minimum atomic E-state index is -0.130. The summed E-state index contributed by atoms with van der Waals surface area (Å²) in [7, 11) is 0. The maximum atomic E-state index is 6.22. The number of aliphatic imine (C=N–C) groups is 1. The first-order valence-electron chi connectivity index (χ1n) is 17.7. The lowest BCUT2D eigenvalue weighted by atomic mass is 9.92. The quantitative estimate of drug-likeness (QED) is 0.134. The first-order chi connectivity index (χ1) is 25.2. The van der Waals surface area contributed by atoms with Crippen molar-refractivity contribution in [3.8, 4) is 11.1 Å². The number of fused-ring (bicyclic) bond motifs is 7. The maximum absolute atomic E-state index is 6.22. The van der Waals surface area contributed by atoms with Crippen LogP contribution in [0, 0.1) is 0 Å². The Balaban J connectivity index is 1.06. The topological polar surface area (TPSA) is 28.5 Å². The highest BCUT2D eigenvalue weighted by atomic mass is 16.3. The van der Waals surface area contributed by atoms with Crippen molar-refractivity contribution in [1.82, 2.24) is 0 Å². The zero-order valence-corrected chi connectivity index (χ0v) is 28.4. The third kappa shape index (κ3) is 5.04. The zero-order valence-electron chi connectivity index (χ0n) is 28.4. The second-order valence-electron chi connectivity index (χ2n) is 13.8. The van der Waals surface area contributed by atoms with Crippen LogP contribution in [0.2, 0.25) is 0 Å². The van der Waals surface area contributed by atoms with E-state index in [2.05, 4.69) is 163 Å². The Labute approximate surface area is 296 Å². The number of hydrogen-bond acceptors (Lipinski definition) is 2. The van der Waals surface area contributed by atoms with Gasteiger partial charge in [0.05, 0.1) is 12.1 Å². The van der Waals surface area contributed by atoms with Crippen molar-refractivity contribution in [2.24, 2.45) is 4.99 Å². The molecule has 1 aromatic heterocycles. The molecule has 3 nitrogen and oxygen atoms in total. The van der Waals surface area contributed by atoms with Crippen LogP contribution in [0.4, 0.5) is 0 Å². The first kappa shape index (κ1) is 29.6. The van der Waals surface area contributed by atoms with Gasteiger partial charge in [-0.2, -0.15) is 0 Å². The highest BCUT2D eigenvalue weighted by molar-refractivity contribution is 6.22. The van der Waals surface area contributed by atoms with E-state index in [-0.39, 0.29) is 6.17 Å². The first-order valence-corrected chi connectivity index (χ1v) is 17.7. The van der Waals surface area contributed by atoms with Gasteiger partial charge in [-0.1, -0.05) is 133 Å². The van der Waals surface area contributed by atoms with E-state index in [1.807, 2.05) is 12.1 Å². The number of hydrogen-bond donors (Lipinski definition) is 0. The normalized spacial score (nSPS) is 15.0. The van der Waals surface area contributed by atoms with Gasteiger partial charge in [0.1, 0.15) is 11.2 Å². The van der Waals surface area contributed by atoms with Crippen molar-refractivity contribution in [2.45, 2.75) is 26.1 Å². The number of furan rings is 1. The molecule has 0 N–H and O–H groups in total. The largest absolute Gasteiger partial charge is 0.456 e. The lowest BCUT2D eigenvalue weighted by Crippen LogP contribution is -2.30. The lowest BCUT2D eigenvalue weighted by molar-refractivity contribution is -0.588. The van der Waals surface area contributed by atoms with Gasteiger partial charge in [-0.05, 0) is 73.8 Å². The van der Waals surface area contributed by atoms with Gasteiger partial charge in [0.25, 0.3) is 6.17 Å². The summed E-state index contributed by atoms with van der Waals surface area (Å²) >= 11 is 0. The van der Waals surface area contributed by atoms with Crippen LogP contribution in [0.15, 0.2) is 173 Å². The fourth-order valence-electron chi connectivity index (χ4n) is 8.15. The van der Waals surface area contributed by atoms with E-state index >= 15 is 0 Å². The van der Waals surface area contributed by atoms with Crippen LogP contribution in [0.5, 0.6) is 0 Å². The summed E-state index contributed by atoms with van der Waals surface area (Å²) in [5.41, 5.74) is 10.4. The maximum Gasteiger partial charge on any atom is 0.272 e. The molecule has 0 saturated carbocycles. The number of benzene rings is 8. The molecular formula is C48H35N2O+. The number of rotatable bonds is 5. The second kappa shape index (κ2) is 11.9. The van der Waals surface area contributed by atoms with Crippen LogP contribution in [0.25, 0.3) is 65.4 Å². The Kier molecular flexibility index (Phi) is 6.92. The molecule has 0 aliphatic carbocycles. The molecule has 0 amide bonds. The molecule has 10 rings (SSSR count). The van der Waals surface area contributed by atoms with Crippen molar-refractivity contribution in [1.29, 1.82) is 0 Å². The van der Waals surface area contributed by atoms with E-state index in [4.69, 9.17) is 9.41 Å². The van der Waals surface area contributed by atoms with E-state index in [9.17, 15) is 0 Å². The van der Waals surface area contributed by atoms with Gasteiger partial charge in [0.15, 0.2) is 12.3 Å². The fourth-order valence-corrected chi connectivity index (χ4v) is 8.15. The van der Waals surface area contributed by atoms with Gasteiger partial charge in [0.2, 0.25) is 0 Å². The van der Waals surface area contributed by atoms with Crippen molar-refractivity contribution in [3.05, 3.63) is 180 Å². The highest BCUT2D eigenvalue weighted by Gasteiger charge is 2.32. The van der Waals surface area contributed by atoms with Crippen molar-refractivity contribution in [2.75, 3.05) is 0 Å². The van der Waals surface area contributed by atoms with E-state index in [1.165, 1.54) is 71.2 Å². The molecule has 8 aromatic carbocycles.